The number of ether oxygens (including phenoxy) is 1. The fourth-order valence-electron chi connectivity index (χ4n) is 5.19. The van der Waals surface area contributed by atoms with Gasteiger partial charge in [0.05, 0.1) is 23.9 Å². The van der Waals surface area contributed by atoms with E-state index >= 15 is 0 Å². The number of hydrogen-bond donors (Lipinski definition) is 0. The number of carbonyl (C=O) groups is 1. The highest BCUT2D eigenvalue weighted by Crippen LogP contribution is 2.41. The summed E-state index contributed by atoms with van der Waals surface area (Å²) in [5.41, 5.74) is 0.783. The number of halogens is 3. The van der Waals surface area contributed by atoms with Gasteiger partial charge in [-0.1, -0.05) is 13.0 Å². The van der Waals surface area contributed by atoms with Crippen LogP contribution in [-0.2, 0) is 26.1 Å². The molecule has 0 bridgehead atoms. The third-order valence-corrected chi connectivity index (χ3v) is 7.75. The zero-order chi connectivity index (χ0) is 30.8. The summed E-state index contributed by atoms with van der Waals surface area (Å²) in [6, 6.07) is 7.33. The van der Waals surface area contributed by atoms with Gasteiger partial charge in [-0.25, -0.2) is 0 Å². The van der Waals surface area contributed by atoms with Crippen molar-refractivity contribution in [3.63, 3.8) is 0 Å². The molecule has 222 valence electrons. The monoisotopic (exact) mass is 581 g/mol. The molecule has 8 nitrogen and oxygen atoms in total. The molecule has 42 heavy (non-hydrogen) atoms. The normalized spacial score (nSPS) is 14.1. The molecule has 4 rings (SSSR count). The Bertz CT molecular complexity index is 1590. The van der Waals surface area contributed by atoms with Gasteiger partial charge in [-0.15, -0.1) is 0 Å². The van der Waals surface area contributed by atoms with Crippen LogP contribution in [0.2, 0.25) is 0 Å². The van der Waals surface area contributed by atoms with Gasteiger partial charge in [0.25, 0.3) is 11.5 Å². The number of hydrogen-bond acceptors (Lipinski definition) is 6. The van der Waals surface area contributed by atoms with Crippen LogP contribution in [-0.4, -0.2) is 58.5 Å². The number of rotatable bonds is 9. The van der Waals surface area contributed by atoms with E-state index in [1.807, 2.05) is 27.0 Å². The largest absolute Gasteiger partial charge is 0.492 e. The summed E-state index contributed by atoms with van der Waals surface area (Å²) in [5.74, 6) is 0.0545. The van der Waals surface area contributed by atoms with Gasteiger partial charge in [0, 0.05) is 55.8 Å². The summed E-state index contributed by atoms with van der Waals surface area (Å²) in [4.78, 5) is 34.4. The number of nitriles is 1. The standard InChI is InChI=1S/C31H34F3N5O3/c1-6-37(4)10-8-20-12-23(25-18-38(5)29(40)14-26(25)31(32,33)34)22-9-11-39(30(41)24(22)13-20)19(3)27-15-28(42-7-2)21(16-35)17-36-27/h12-15,17-19H,6-11H2,1-5H3. The number of fused-ring (bicyclic) bond motifs is 1. The Morgan fingerprint density at radius 2 is 1.86 bits per heavy atom. The van der Waals surface area contributed by atoms with Gasteiger partial charge in [0.2, 0.25) is 0 Å². The number of aromatic nitrogens is 2. The Balaban J connectivity index is 1.84. The number of carbonyl (C=O) groups excluding carboxylic acids is 1. The SMILES string of the molecule is CCOc1cc(C(C)N2CCc3c(cc(CCN(C)CC)cc3-c3cn(C)c(=O)cc3C(F)(F)F)C2=O)ncc1C#N. The van der Waals surface area contributed by atoms with E-state index in [4.69, 9.17) is 4.74 Å². The van der Waals surface area contributed by atoms with Gasteiger partial charge < -0.3 is 19.1 Å². The van der Waals surface area contributed by atoms with Crippen molar-refractivity contribution in [1.82, 2.24) is 19.4 Å². The number of amides is 1. The molecule has 3 aromatic rings. The maximum atomic E-state index is 14.2. The van der Waals surface area contributed by atoms with Crippen LogP contribution in [0.3, 0.4) is 0 Å². The highest BCUT2D eigenvalue weighted by atomic mass is 19.4. The molecule has 1 unspecified atom stereocenters. The van der Waals surface area contributed by atoms with E-state index in [-0.39, 0.29) is 23.6 Å². The number of pyridine rings is 2. The van der Waals surface area contributed by atoms with E-state index in [1.165, 1.54) is 19.4 Å². The Kier molecular flexibility index (Phi) is 9.06. The number of aryl methyl sites for hydroxylation is 1. The summed E-state index contributed by atoms with van der Waals surface area (Å²) in [6.45, 7) is 7.68. The van der Waals surface area contributed by atoms with Gasteiger partial charge in [-0.05, 0) is 63.0 Å². The van der Waals surface area contributed by atoms with Crippen LogP contribution >= 0.6 is 0 Å². The molecule has 1 aliphatic heterocycles. The molecule has 0 spiro atoms. The van der Waals surface area contributed by atoms with E-state index in [1.54, 1.807) is 30.0 Å². The zero-order valence-electron chi connectivity index (χ0n) is 24.4. The fraction of sp³-hybridized carbons (Fsp3) is 0.419. The molecule has 0 saturated heterocycles. The second kappa shape index (κ2) is 12.4. The van der Waals surface area contributed by atoms with Crippen molar-refractivity contribution in [2.45, 2.75) is 45.8 Å². The number of benzene rings is 1. The zero-order valence-corrected chi connectivity index (χ0v) is 24.4. The summed E-state index contributed by atoms with van der Waals surface area (Å²) in [7, 11) is 3.36. The molecule has 11 heteroatoms. The molecule has 0 fully saturated rings. The van der Waals surface area contributed by atoms with Crippen LogP contribution in [0.1, 0.15) is 65.1 Å². The second-order valence-corrected chi connectivity index (χ2v) is 10.4. The van der Waals surface area contributed by atoms with E-state index in [0.29, 0.717) is 60.2 Å². The Morgan fingerprint density at radius 1 is 1.14 bits per heavy atom. The van der Waals surface area contributed by atoms with Crippen LogP contribution in [0.5, 0.6) is 5.75 Å². The van der Waals surface area contributed by atoms with Crippen LogP contribution < -0.4 is 10.3 Å². The predicted octanol–water partition coefficient (Wildman–Crippen LogP) is 4.99. The average molecular weight is 582 g/mol. The molecule has 1 aromatic carbocycles. The Labute approximate surface area is 243 Å². The van der Waals surface area contributed by atoms with E-state index in [0.717, 1.165) is 16.7 Å². The minimum absolute atomic E-state index is 0.129. The van der Waals surface area contributed by atoms with Gasteiger partial charge in [-0.3, -0.25) is 14.6 Å². The third-order valence-electron chi connectivity index (χ3n) is 7.75. The Hall–Kier alpha value is -4.17. The number of nitrogens with zero attached hydrogens (tertiary/aromatic N) is 5. The topological polar surface area (TPSA) is 91.5 Å². The molecule has 3 heterocycles. The van der Waals surface area contributed by atoms with Crippen molar-refractivity contribution in [2.24, 2.45) is 7.05 Å². The van der Waals surface area contributed by atoms with Crippen molar-refractivity contribution >= 4 is 5.91 Å². The first-order valence-corrected chi connectivity index (χ1v) is 13.9. The molecule has 0 N–H and O–H groups in total. The first-order valence-electron chi connectivity index (χ1n) is 13.9. The van der Waals surface area contributed by atoms with E-state index in [9.17, 15) is 28.0 Å². The molecule has 0 radical (unpaired) electrons. The predicted molar refractivity (Wildman–Crippen MR) is 152 cm³/mol. The van der Waals surface area contributed by atoms with Crippen LogP contribution in [0.15, 0.2) is 41.5 Å². The van der Waals surface area contributed by atoms with Crippen molar-refractivity contribution in [3.05, 3.63) is 80.5 Å². The highest BCUT2D eigenvalue weighted by Gasteiger charge is 2.37. The number of likely N-dealkylation sites (N-methyl/N-ethyl adjacent to an activating group) is 1. The lowest BCUT2D eigenvalue weighted by Crippen LogP contribution is -2.40. The average Bonchev–Trinajstić information content (AvgIpc) is 2.96. The van der Waals surface area contributed by atoms with Gasteiger partial charge in [0.1, 0.15) is 17.4 Å². The lowest BCUT2D eigenvalue weighted by atomic mass is 9.86. The molecule has 0 saturated carbocycles. The first kappa shape index (κ1) is 30.8. The number of alkyl halides is 3. The van der Waals surface area contributed by atoms with Crippen molar-refractivity contribution in [3.8, 4) is 22.9 Å². The summed E-state index contributed by atoms with van der Waals surface area (Å²) in [6.07, 6.45) is -1.30. The van der Waals surface area contributed by atoms with E-state index < -0.39 is 23.3 Å². The van der Waals surface area contributed by atoms with Gasteiger partial charge in [0.15, 0.2) is 0 Å². The molecule has 1 atom stereocenters. The van der Waals surface area contributed by atoms with Gasteiger partial charge >= 0.3 is 6.18 Å². The maximum absolute atomic E-state index is 14.2. The molecule has 1 amide bonds. The molecule has 0 aliphatic carbocycles. The molecular formula is C31H34F3N5O3. The maximum Gasteiger partial charge on any atom is 0.417 e. The smallest absolute Gasteiger partial charge is 0.417 e. The minimum Gasteiger partial charge on any atom is -0.492 e. The molecule has 2 aromatic heterocycles. The highest BCUT2D eigenvalue weighted by molar-refractivity contribution is 5.99. The van der Waals surface area contributed by atoms with Crippen molar-refractivity contribution in [2.75, 3.05) is 33.3 Å². The minimum atomic E-state index is -4.76. The second-order valence-electron chi connectivity index (χ2n) is 10.4. The quantitative estimate of drug-likeness (QED) is 0.354. The van der Waals surface area contributed by atoms with Gasteiger partial charge in [-0.2, -0.15) is 18.4 Å². The van der Waals surface area contributed by atoms with Crippen LogP contribution in [0.4, 0.5) is 13.2 Å². The summed E-state index contributed by atoms with van der Waals surface area (Å²) in [5, 5.41) is 9.39. The van der Waals surface area contributed by atoms with E-state index in [2.05, 4.69) is 9.88 Å². The van der Waals surface area contributed by atoms with Crippen LogP contribution in [0, 0.1) is 11.3 Å². The summed E-state index contributed by atoms with van der Waals surface area (Å²) >= 11 is 0. The first-order chi connectivity index (χ1) is 19.9. The lowest BCUT2D eigenvalue weighted by Gasteiger charge is -2.35. The van der Waals surface area contributed by atoms with Crippen molar-refractivity contribution in [1.29, 1.82) is 5.26 Å². The fourth-order valence-corrected chi connectivity index (χ4v) is 5.19. The summed E-state index contributed by atoms with van der Waals surface area (Å²) < 4.78 is 49.3. The molecular weight excluding hydrogens is 547 g/mol. The van der Waals surface area contributed by atoms with Crippen molar-refractivity contribution < 1.29 is 22.7 Å². The van der Waals surface area contributed by atoms with Crippen LogP contribution in [0.25, 0.3) is 11.1 Å². The third kappa shape index (κ3) is 6.19. The molecule has 1 aliphatic rings. The lowest BCUT2D eigenvalue weighted by molar-refractivity contribution is -0.137. The Morgan fingerprint density at radius 3 is 2.50 bits per heavy atom.